The monoisotopic (exact) mass is 551 g/mol. The van der Waals surface area contributed by atoms with Crippen molar-refractivity contribution in [1.82, 2.24) is 20.3 Å². The van der Waals surface area contributed by atoms with Crippen LogP contribution in [0.3, 0.4) is 0 Å². The van der Waals surface area contributed by atoms with Gasteiger partial charge in [-0.15, -0.1) is 0 Å². The number of sulfonamides is 1. The number of carbonyl (C=O) groups excluding carboxylic acids is 2. The number of hydrogen-bond acceptors (Lipinski definition) is 7. The zero-order valence-corrected chi connectivity index (χ0v) is 22.3. The maximum Gasteiger partial charge on any atom is 0.327 e. The van der Waals surface area contributed by atoms with Gasteiger partial charge in [-0.05, 0) is 67.4 Å². The average Bonchev–Trinajstić information content (AvgIpc) is 3.36. The molecule has 0 aromatic heterocycles. The maximum atomic E-state index is 13.8. The van der Waals surface area contributed by atoms with E-state index in [0.717, 1.165) is 11.1 Å². The lowest BCUT2D eigenvalue weighted by molar-refractivity contribution is -0.118. The number of nitrogens with zero attached hydrogens (tertiary/aromatic N) is 2. The molecule has 206 valence electrons. The Bertz CT molecular complexity index is 1420. The molecule has 1 atom stereocenters. The highest BCUT2D eigenvalue weighted by molar-refractivity contribution is 7.89. The van der Waals surface area contributed by atoms with E-state index in [4.69, 9.17) is 11.5 Å². The molecule has 0 saturated carbocycles. The van der Waals surface area contributed by atoms with Gasteiger partial charge in [0, 0.05) is 43.0 Å². The summed E-state index contributed by atoms with van der Waals surface area (Å²) in [5.41, 5.74) is 14.9. The number of carbonyl (C=O) groups is 2. The van der Waals surface area contributed by atoms with Gasteiger partial charge in [0.15, 0.2) is 0 Å². The summed E-state index contributed by atoms with van der Waals surface area (Å²) in [6.45, 7) is 1.87. The van der Waals surface area contributed by atoms with E-state index in [9.17, 15) is 18.0 Å². The molecular formula is C27H33N7O4S. The summed E-state index contributed by atoms with van der Waals surface area (Å²) in [6.07, 6.45) is 4.50. The van der Waals surface area contributed by atoms with E-state index in [1.54, 1.807) is 24.4 Å². The fraction of sp³-hybridized carbons (Fsp3) is 0.333. The van der Waals surface area contributed by atoms with Crippen molar-refractivity contribution in [3.05, 3.63) is 77.5 Å². The number of urea groups is 1. The number of benzene rings is 2. The number of hydrogen-bond donors (Lipinski definition) is 5. The first-order chi connectivity index (χ1) is 18.8. The minimum atomic E-state index is -3.89. The molecule has 3 heterocycles. The molecule has 3 aliphatic rings. The zero-order valence-electron chi connectivity index (χ0n) is 21.5. The molecule has 7 N–H and O–H groups in total. The predicted molar refractivity (Wildman–Crippen MR) is 148 cm³/mol. The van der Waals surface area contributed by atoms with Gasteiger partial charge in [-0.1, -0.05) is 24.3 Å². The Balaban J connectivity index is 1.41. The fourth-order valence-corrected chi connectivity index (χ4v) is 6.82. The Morgan fingerprint density at radius 3 is 2.51 bits per heavy atom. The SMILES string of the molecule is NCc1ccc(N2C=C3C=C(c4cccc(S(=O)(=O)N(CCC(N)=O)C5CCNCC5)c4)NC3NC2=O)cc1. The van der Waals surface area contributed by atoms with Crippen molar-refractivity contribution in [3.8, 4) is 0 Å². The Kier molecular flexibility index (Phi) is 7.71. The number of rotatable bonds is 9. The number of nitrogens with one attached hydrogen (secondary N) is 3. The topological polar surface area (TPSA) is 163 Å². The summed E-state index contributed by atoms with van der Waals surface area (Å²) in [5, 5.41) is 9.47. The minimum absolute atomic E-state index is 0.0383. The number of amides is 3. The van der Waals surface area contributed by atoms with Gasteiger partial charge in [0.25, 0.3) is 0 Å². The van der Waals surface area contributed by atoms with Crippen LogP contribution in [-0.4, -0.2) is 56.5 Å². The van der Waals surface area contributed by atoms with Crippen LogP contribution in [0.2, 0.25) is 0 Å². The van der Waals surface area contributed by atoms with Crippen molar-refractivity contribution < 1.29 is 18.0 Å². The highest BCUT2D eigenvalue weighted by Crippen LogP contribution is 2.30. The molecule has 12 heteroatoms. The normalized spacial score (nSPS) is 19.7. The number of nitrogens with two attached hydrogens (primary N) is 2. The van der Waals surface area contributed by atoms with Gasteiger partial charge in [-0.3, -0.25) is 9.69 Å². The number of fused-ring (bicyclic) bond motifs is 1. The molecule has 2 aromatic carbocycles. The van der Waals surface area contributed by atoms with Gasteiger partial charge in [0.05, 0.1) is 10.6 Å². The number of anilines is 1. The average molecular weight is 552 g/mol. The van der Waals surface area contributed by atoms with Gasteiger partial charge in [0.1, 0.15) is 6.17 Å². The van der Waals surface area contributed by atoms with Crippen molar-refractivity contribution >= 4 is 33.3 Å². The third kappa shape index (κ3) is 5.69. The minimum Gasteiger partial charge on any atom is -0.370 e. The van der Waals surface area contributed by atoms with E-state index in [1.165, 1.54) is 9.21 Å². The maximum absolute atomic E-state index is 13.8. The van der Waals surface area contributed by atoms with Gasteiger partial charge in [-0.25, -0.2) is 13.2 Å². The van der Waals surface area contributed by atoms with E-state index in [-0.39, 0.29) is 29.9 Å². The first-order valence-electron chi connectivity index (χ1n) is 13.0. The van der Waals surface area contributed by atoms with Gasteiger partial charge in [-0.2, -0.15) is 4.31 Å². The fourth-order valence-electron chi connectivity index (χ4n) is 5.09. The lowest BCUT2D eigenvalue weighted by atomic mass is 10.1. The zero-order chi connectivity index (χ0) is 27.6. The molecule has 1 saturated heterocycles. The van der Waals surface area contributed by atoms with E-state index < -0.39 is 22.1 Å². The van der Waals surface area contributed by atoms with Crippen molar-refractivity contribution in [1.29, 1.82) is 0 Å². The summed E-state index contributed by atoms with van der Waals surface area (Å²) in [4.78, 5) is 26.0. The van der Waals surface area contributed by atoms with Crippen LogP contribution in [0.25, 0.3) is 5.70 Å². The second kappa shape index (κ2) is 11.2. The van der Waals surface area contributed by atoms with Crippen LogP contribution in [-0.2, 0) is 21.4 Å². The quantitative estimate of drug-likeness (QED) is 0.312. The van der Waals surface area contributed by atoms with E-state index in [1.807, 2.05) is 36.4 Å². The molecule has 2 aromatic rings. The van der Waals surface area contributed by atoms with E-state index >= 15 is 0 Å². The first-order valence-corrected chi connectivity index (χ1v) is 14.4. The van der Waals surface area contributed by atoms with Gasteiger partial charge in [0.2, 0.25) is 15.9 Å². The second-order valence-corrected chi connectivity index (χ2v) is 11.7. The lowest BCUT2D eigenvalue weighted by Crippen LogP contribution is -2.51. The molecular weight excluding hydrogens is 518 g/mol. The largest absolute Gasteiger partial charge is 0.370 e. The highest BCUT2D eigenvalue weighted by Gasteiger charge is 2.34. The lowest BCUT2D eigenvalue weighted by Gasteiger charge is -2.33. The molecule has 11 nitrogen and oxygen atoms in total. The third-order valence-electron chi connectivity index (χ3n) is 7.21. The van der Waals surface area contributed by atoms with Crippen LogP contribution in [0, 0.1) is 0 Å². The van der Waals surface area contributed by atoms with Gasteiger partial charge >= 0.3 is 6.03 Å². The number of piperidine rings is 1. The molecule has 39 heavy (non-hydrogen) atoms. The summed E-state index contributed by atoms with van der Waals surface area (Å²) < 4.78 is 29.0. The molecule has 3 amide bonds. The van der Waals surface area contributed by atoms with Crippen molar-refractivity contribution in [2.45, 2.75) is 42.9 Å². The van der Waals surface area contributed by atoms with E-state index in [2.05, 4.69) is 16.0 Å². The predicted octanol–water partition coefficient (Wildman–Crippen LogP) is 1.15. The van der Waals surface area contributed by atoms with Crippen molar-refractivity contribution in [2.24, 2.45) is 11.5 Å². The molecule has 0 spiro atoms. The van der Waals surface area contributed by atoms with Crippen molar-refractivity contribution in [3.63, 3.8) is 0 Å². The van der Waals surface area contributed by atoms with Crippen LogP contribution in [0.15, 0.2) is 71.3 Å². The highest BCUT2D eigenvalue weighted by atomic mass is 32.2. The Hall–Kier alpha value is -3.71. The molecule has 5 rings (SSSR count). The smallest absolute Gasteiger partial charge is 0.327 e. The summed E-state index contributed by atoms with van der Waals surface area (Å²) in [7, 11) is -3.89. The number of primary amides is 1. The van der Waals surface area contributed by atoms with Crippen LogP contribution < -0.4 is 32.3 Å². The molecule has 3 aliphatic heterocycles. The van der Waals surface area contributed by atoms with Crippen LogP contribution >= 0.6 is 0 Å². The molecule has 0 aliphatic carbocycles. The van der Waals surface area contributed by atoms with Crippen LogP contribution in [0.4, 0.5) is 10.5 Å². The summed E-state index contributed by atoms with van der Waals surface area (Å²) in [6, 6.07) is 13.6. The van der Waals surface area contributed by atoms with Crippen molar-refractivity contribution in [2.75, 3.05) is 24.5 Å². The van der Waals surface area contributed by atoms with E-state index in [0.29, 0.717) is 49.4 Å². The third-order valence-corrected chi connectivity index (χ3v) is 9.15. The van der Waals surface area contributed by atoms with Crippen LogP contribution in [0.1, 0.15) is 30.4 Å². The Morgan fingerprint density at radius 1 is 1.08 bits per heavy atom. The molecule has 1 fully saturated rings. The molecule has 0 bridgehead atoms. The standard InChI is InChI=1S/C27H33N7O4S/c28-16-18-4-6-21(7-5-18)33-17-20-15-24(31-26(20)32-27(33)36)19-2-1-3-23(14-19)39(37,38)34(13-10-25(29)35)22-8-11-30-12-9-22/h1-7,14-15,17,22,26,30-31H,8-13,16,28H2,(H2,29,35)(H,32,36). The summed E-state index contributed by atoms with van der Waals surface area (Å²) >= 11 is 0. The van der Waals surface area contributed by atoms with Gasteiger partial charge < -0.3 is 27.4 Å². The molecule has 0 radical (unpaired) electrons. The summed E-state index contributed by atoms with van der Waals surface area (Å²) in [5.74, 6) is -0.541. The Labute approximate surface area is 227 Å². The molecule has 1 unspecified atom stereocenters. The Morgan fingerprint density at radius 2 is 1.82 bits per heavy atom. The van der Waals surface area contributed by atoms with Crippen LogP contribution in [0.5, 0.6) is 0 Å². The second-order valence-electron chi connectivity index (χ2n) is 9.80. The first kappa shape index (κ1) is 26.9.